The molecule has 0 amide bonds. The van der Waals surface area contributed by atoms with Crippen molar-refractivity contribution in [3.63, 3.8) is 0 Å². The van der Waals surface area contributed by atoms with E-state index in [0.717, 1.165) is 12.2 Å². The third-order valence-corrected chi connectivity index (χ3v) is 1.47. The molecule has 0 fully saturated rings. The largest absolute Gasteiger partial charge is 0.372 e. The molecule has 0 aromatic carbocycles. The first-order chi connectivity index (χ1) is 5.72. The van der Waals surface area contributed by atoms with Crippen LogP contribution in [0.5, 0.6) is 0 Å². The molecule has 1 aromatic rings. The number of nitrogens with zero attached hydrogens (tertiary/aromatic N) is 3. The quantitative estimate of drug-likeness (QED) is 0.680. The Kier molecular flexibility index (Phi) is 3.22. The fourth-order valence-corrected chi connectivity index (χ4v) is 0.811. The first-order valence-corrected chi connectivity index (χ1v) is 4.23. The molecule has 0 N–H and O–H groups in total. The van der Waals surface area contributed by atoms with Gasteiger partial charge in [0.1, 0.15) is 5.69 Å². The SMILES string of the molecule is CCn1cc(COC(C)C)nn1. The number of hydrogen-bond acceptors (Lipinski definition) is 3. The van der Waals surface area contributed by atoms with Gasteiger partial charge >= 0.3 is 0 Å². The lowest BCUT2D eigenvalue weighted by Crippen LogP contribution is -2.02. The molecule has 4 nitrogen and oxygen atoms in total. The van der Waals surface area contributed by atoms with Gasteiger partial charge in [-0.1, -0.05) is 5.21 Å². The van der Waals surface area contributed by atoms with Gasteiger partial charge in [-0.3, -0.25) is 4.68 Å². The zero-order chi connectivity index (χ0) is 8.97. The summed E-state index contributed by atoms with van der Waals surface area (Å²) in [5, 5.41) is 7.85. The lowest BCUT2D eigenvalue weighted by molar-refractivity contribution is 0.0635. The van der Waals surface area contributed by atoms with Gasteiger partial charge in [0, 0.05) is 6.54 Å². The van der Waals surface area contributed by atoms with Crippen LogP contribution in [0, 0.1) is 0 Å². The molecule has 0 radical (unpaired) electrons. The molecule has 0 bridgehead atoms. The van der Waals surface area contributed by atoms with E-state index in [4.69, 9.17) is 4.74 Å². The second-order valence-electron chi connectivity index (χ2n) is 2.93. The van der Waals surface area contributed by atoms with Crippen LogP contribution in [0.4, 0.5) is 0 Å². The van der Waals surface area contributed by atoms with Crippen LogP contribution in [-0.2, 0) is 17.9 Å². The number of hydrogen-bond donors (Lipinski definition) is 0. The third-order valence-electron chi connectivity index (χ3n) is 1.47. The first kappa shape index (κ1) is 9.19. The Labute approximate surface area is 72.5 Å². The van der Waals surface area contributed by atoms with E-state index in [0.29, 0.717) is 6.61 Å². The van der Waals surface area contributed by atoms with Crippen molar-refractivity contribution in [1.29, 1.82) is 0 Å². The predicted molar refractivity (Wildman–Crippen MR) is 45.6 cm³/mol. The lowest BCUT2D eigenvalue weighted by atomic mass is 10.4. The molecule has 1 aromatic heterocycles. The topological polar surface area (TPSA) is 39.9 Å². The van der Waals surface area contributed by atoms with E-state index in [2.05, 4.69) is 10.3 Å². The minimum Gasteiger partial charge on any atom is -0.372 e. The molecule has 12 heavy (non-hydrogen) atoms. The molecule has 4 heteroatoms. The summed E-state index contributed by atoms with van der Waals surface area (Å²) in [5.74, 6) is 0. The van der Waals surface area contributed by atoms with Gasteiger partial charge < -0.3 is 4.74 Å². The molecule has 0 atom stereocenters. The number of aromatic nitrogens is 3. The highest BCUT2D eigenvalue weighted by molar-refractivity contribution is 4.89. The van der Waals surface area contributed by atoms with E-state index >= 15 is 0 Å². The highest BCUT2D eigenvalue weighted by Gasteiger charge is 2.00. The van der Waals surface area contributed by atoms with Crippen LogP contribution in [0.1, 0.15) is 26.5 Å². The average molecular weight is 169 g/mol. The van der Waals surface area contributed by atoms with Gasteiger partial charge in [0.2, 0.25) is 0 Å². The van der Waals surface area contributed by atoms with Crippen molar-refractivity contribution >= 4 is 0 Å². The van der Waals surface area contributed by atoms with Crippen LogP contribution in [0.3, 0.4) is 0 Å². The number of ether oxygens (including phenoxy) is 1. The standard InChI is InChI=1S/C8H15N3O/c1-4-11-5-8(9-10-11)6-12-7(2)3/h5,7H,4,6H2,1-3H3. The molecule has 0 aliphatic carbocycles. The van der Waals surface area contributed by atoms with E-state index in [1.165, 1.54) is 0 Å². The molecule has 0 saturated heterocycles. The maximum Gasteiger partial charge on any atom is 0.108 e. The van der Waals surface area contributed by atoms with Crippen molar-refractivity contribution in [3.8, 4) is 0 Å². The first-order valence-electron chi connectivity index (χ1n) is 4.23. The van der Waals surface area contributed by atoms with Crippen LogP contribution < -0.4 is 0 Å². The summed E-state index contributed by atoms with van der Waals surface area (Å²) in [7, 11) is 0. The van der Waals surface area contributed by atoms with E-state index in [9.17, 15) is 0 Å². The molecule has 0 saturated carbocycles. The van der Waals surface area contributed by atoms with Crippen molar-refractivity contribution in [3.05, 3.63) is 11.9 Å². The Morgan fingerprint density at radius 3 is 2.83 bits per heavy atom. The maximum absolute atomic E-state index is 5.37. The Bertz CT molecular complexity index is 232. The molecule has 0 unspecified atom stereocenters. The van der Waals surface area contributed by atoms with Gasteiger partial charge in [0.05, 0.1) is 18.9 Å². The molecule has 68 valence electrons. The lowest BCUT2D eigenvalue weighted by Gasteiger charge is -2.03. The molecular weight excluding hydrogens is 154 g/mol. The molecule has 0 spiro atoms. The van der Waals surface area contributed by atoms with Crippen LogP contribution >= 0.6 is 0 Å². The second-order valence-corrected chi connectivity index (χ2v) is 2.93. The molecular formula is C8H15N3O. The molecule has 0 aliphatic heterocycles. The van der Waals surface area contributed by atoms with Gasteiger partial charge in [-0.2, -0.15) is 0 Å². The third kappa shape index (κ3) is 2.62. The summed E-state index contributed by atoms with van der Waals surface area (Å²) in [6, 6.07) is 0. The van der Waals surface area contributed by atoms with Crippen LogP contribution in [0.15, 0.2) is 6.20 Å². The highest BCUT2D eigenvalue weighted by atomic mass is 16.5. The second kappa shape index (κ2) is 4.21. The normalized spacial score (nSPS) is 11.0. The monoisotopic (exact) mass is 169 g/mol. The Morgan fingerprint density at radius 2 is 2.33 bits per heavy atom. The zero-order valence-corrected chi connectivity index (χ0v) is 7.82. The van der Waals surface area contributed by atoms with Gasteiger partial charge in [0.15, 0.2) is 0 Å². The molecule has 1 heterocycles. The Morgan fingerprint density at radius 1 is 1.58 bits per heavy atom. The molecule has 1 rings (SSSR count). The maximum atomic E-state index is 5.37. The van der Waals surface area contributed by atoms with Crippen molar-refractivity contribution in [1.82, 2.24) is 15.0 Å². The van der Waals surface area contributed by atoms with Crippen molar-refractivity contribution in [2.75, 3.05) is 0 Å². The fourth-order valence-electron chi connectivity index (χ4n) is 0.811. The van der Waals surface area contributed by atoms with Gasteiger partial charge in [-0.15, -0.1) is 5.10 Å². The minimum absolute atomic E-state index is 0.247. The summed E-state index contributed by atoms with van der Waals surface area (Å²) < 4.78 is 7.16. The Balaban J connectivity index is 2.41. The van der Waals surface area contributed by atoms with E-state index < -0.39 is 0 Å². The summed E-state index contributed by atoms with van der Waals surface area (Å²) in [5.41, 5.74) is 0.894. The smallest absolute Gasteiger partial charge is 0.108 e. The van der Waals surface area contributed by atoms with Gasteiger partial charge in [-0.25, -0.2) is 0 Å². The summed E-state index contributed by atoms with van der Waals surface area (Å²) >= 11 is 0. The fraction of sp³-hybridized carbons (Fsp3) is 0.750. The van der Waals surface area contributed by atoms with E-state index in [1.54, 1.807) is 4.68 Å². The van der Waals surface area contributed by atoms with Crippen molar-refractivity contribution < 1.29 is 4.74 Å². The zero-order valence-electron chi connectivity index (χ0n) is 7.82. The van der Waals surface area contributed by atoms with Gasteiger partial charge in [0.25, 0.3) is 0 Å². The van der Waals surface area contributed by atoms with Crippen LogP contribution in [0.25, 0.3) is 0 Å². The average Bonchev–Trinajstić information content (AvgIpc) is 2.48. The van der Waals surface area contributed by atoms with E-state index in [-0.39, 0.29) is 6.10 Å². The Hall–Kier alpha value is -0.900. The number of rotatable bonds is 4. The van der Waals surface area contributed by atoms with Crippen molar-refractivity contribution in [2.24, 2.45) is 0 Å². The number of aryl methyl sites for hydroxylation is 1. The predicted octanol–water partition coefficient (Wildman–Crippen LogP) is 1.22. The van der Waals surface area contributed by atoms with Crippen molar-refractivity contribution in [2.45, 2.75) is 40.0 Å². The van der Waals surface area contributed by atoms with Crippen LogP contribution in [0.2, 0.25) is 0 Å². The summed E-state index contributed by atoms with van der Waals surface area (Å²) in [4.78, 5) is 0. The minimum atomic E-state index is 0.247. The van der Waals surface area contributed by atoms with Gasteiger partial charge in [-0.05, 0) is 20.8 Å². The molecule has 0 aliphatic rings. The van der Waals surface area contributed by atoms with Crippen LogP contribution in [-0.4, -0.2) is 21.1 Å². The highest BCUT2D eigenvalue weighted by Crippen LogP contribution is 1.98. The summed E-state index contributed by atoms with van der Waals surface area (Å²) in [6.45, 7) is 7.45. The summed E-state index contributed by atoms with van der Waals surface area (Å²) in [6.07, 6.45) is 2.15. The van der Waals surface area contributed by atoms with E-state index in [1.807, 2.05) is 27.0 Å².